The zero-order chi connectivity index (χ0) is 25.4. The third-order valence-corrected chi connectivity index (χ3v) is 8.92. The van der Waals surface area contributed by atoms with Gasteiger partial charge in [-0.3, -0.25) is 0 Å². The molecule has 5 aromatic carbocycles. The van der Waals surface area contributed by atoms with Crippen molar-refractivity contribution in [3.8, 4) is 22.3 Å². The van der Waals surface area contributed by atoms with Crippen LogP contribution in [0.15, 0.2) is 133 Å². The van der Waals surface area contributed by atoms with E-state index in [2.05, 4.69) is 140 Å². The number of anilines is 2. The highest BCUT2D eigenvalue weighted by molar-refractivity contribution is 5.92. The lowest BCUT2D eigenvalue weighted by atomic mass is 9.70. The molecule has 0 fully saturated rings. The van der Waals surface area contributed by atoms with Crippen LogP contribution in [0, 0.1) is 0 Å². The molecule has 1 aliphatic carbocycles. The lowest BCUT2D eigenvalue weighted by Crippen LogP contribution is -2.33. The summed E-state index contributed by atoms with van der Waals surface area (Å²) < 4.78 is 0. The quantitative estimate of drug-likeness (QED) is 0.239. The van der Waals surface area contributed by atoms with Crippen LogP contribution in [0.25, 0.3) is 33.0 Å². The number of hydrogen-bond acceptors (Lipinski definition) is 1. The van der Waals surface area contributed by atoms with Gasteiger partial charge in [-0.15, -0.1) is 0 Å². The molecule has 0 spiro atoms. The molecule has 0 amide bonds. The van der Waals surface area contributed by atoms with Crippen LogP contribution in [0.5, 0.6) is 0 Å². The van der Waals surface area contributed by atoms with E-state index in [1.54, 1.807) is 0 Å². The molecule has 3 aliphatic rings. The molecular weight excluding hydrogens is 458 g/mol. The highest BCUT2D eigenvalue weighted by Crippen LogP contribution is 2.59. The van der Waals surface area contributed by atoms with Crippen molar-refractivity contribution in [2.24, 2.45) is 0 Å². The molecule has 1 heteroatoms. The van der Waals surface area contributed by atoms with Gasteiger partial charge in [-0.2, -0.15) is 0 Å². The SMILES string of the molecule is CC1(C)C2=C3C(CC=C2)c2cc(-c4ccc5cc(-c6ccccc6)ccc5c4)ccc2N3c2ccccc21. The number of benzene rings is 5. The first-order valence-electron chi connectivity index (χ1n) is 13.6. The van der Waals surface area contributed by atoms with Gasteiger partial charge in [0.1, 0.15) is 0 Å². The predicted octanol–water partition coefficient (Wildman–Crippen LogP) is 9.91. The van der Waals surface area contributed by atoms with E-state index < -0.39 is 0 Å². The van der Waals surface area contributed by atoms with Gasteiger partial charge in [0.05, 0.1) is 0 Å². The zero-order valence-corrected chi connectivity index (χ0v) is 21.8. The van der Waals surface area contributed by atoms with E-state index in [0.717, 1.165) is 6.42 Å². The van der Waals surface area contributed by atoms with Gasteiger partial charge in [0.2, 0.25) is 0 Å². The highest BCUT2D eigenvalue weighted by atomic mass is 15.2. The highest BCUT2D eigenvalue weighted by Gasteiger charge is 2.46. The summed E-state index contributed by atoms with van der Waals surface area (Å²) in [6.45, 7) is 4.76. The Kier molecular flexibility index (Phi) is 4.47. The van der Waals surface area contributed by atoms with Crippen molar-refractivity contribution >= 4 is 22.1 Å². The fourth-order valence-electron chi connectivity index (χ4n) is 6.97. The summed E-state index contributed by atoms with van der Waals surface area (Å²) >= 11 is 0. The smallest absolute Gasteiger partial charge is 0.0499 e. The number of para-hydroxylation sites is 1. The van der Waals surface area contributed by atoms with Gasteiger partial charge < -0.3 is 4.90 Å². The normalized spacial score (nSPS) is 18.4. The maximum absolute atomic E-state index is 2.55. The molecule has 0 radical (unpaired) electrons. The summed E-state index contributed by atoms with van der Waals surface area (Å²) in [6, 6.07) is 40.4. The Morgan fingerprint density at radius 2 is 1.29 bits per heavy atom. The molecule has 0 N–H and O–H groups in total. The van der Waals surface area contributed by atoms with E-state index in [-0.39, 0.29) is 5.41 Å². The van der Waals surface area contributed by atoms with Crippen molar-refractivity contribution in [3.63, 3.8) is 0 Å². The maximum atomic E-state index is 2.55. The third-order valence-electron chi connectivity index (χ3n) is 8.92. The van der Waals surface area contributed by atoms with Crippen LogP contribution in [-0.2, 0) is 5.41 Å². The number of nitrogens with zero attached hydrogens (tertiary/aromatic N) is 1. The van der Waals surface area contributed by atoms with E-state index in [1.165, 1.54) is 66.8 Å². The molecule has 0 aromatic heterocycles. The van der Waals surface area contributed by atoms with Crippen molar-refractivity contribution < 1.29 is 0 Å². The van der Waals surface area contributed by atoms with Gasteiger partial charge in [0.15, 0.2) is 0 Å². The Balaban J connectivity index is 1.24. The summed E-state index contributed by atoms with van der Waals surface area (Å²) in [4.78, 5) is 2.55. The van der Waals surface area contributed by atoms with Crippen LogP contribution in [-0.4, -0.2) is 0 Å². The van der Waals surface area contributed by atoms with Crippen LogP contribution in [0.3, 0.4) is 0 Å². The topological polar surface area (TPSA) is 3.24 Å². The molecule has 8 rings (SSSR count). The molecule has 182 valence electrons. The van der Waals surface area contributed by atoms with Crippen molar-refractivity contribution in [3.05, 3.63) is 144 Å². The molecule has 0 saturated heterocycles. The lowest BCUT2D eigenvalue weighted by Gasteiger charge is -2.42. The second-order valence-corrected chi connectivity index (χ2v) is 11.4. The minimum absolute atomic E-state index is 0.000577. The largest absolute Gasteiger partial charge is 0.313 e. The second-order valence-electron chi connectivity index (χ2n) is 11.4. The Bertz CT molecular complexity index is 1820. The Hall–Kier alpha value is -4.36. The first-order chi connectivity index (χ1) is 18.6. The lowest BCUT2D eigenvalue weighted by molar-refractivity contribution is 0.598. The first kappa shape index (κ1) is 21.7. The number of hydrogen-bond donors (Lipinski definition) is 0. The fourth-order valence-corrected chi connectivity index (χ4v) is 6.97. The molecule has 0 bridgehead atoms. The minimum atomic E-state index is -0.000577. The molecule has 5 aromatic rings. The standard InChI is InChI=1S/C37H29N/c1-37(2)32-12-6-7-14-35(32)38-34-20-19-29(23-31(34)30-11-8-13-33(37)36(30)38)28-18-17-26-21-25(15-16-27(26)22-28)24-9-4-3-5-10-24/h3-10,12-23,30H,11H2,1-2H3. The van der Waals surface area contributed by atoms with Gasteiger partial charge in [-0.05, 0) is 86.5 Å². The van der Waals surface area contributed by atoms with Crippen LogP contribution >= 0.6 is 0 Å². The van der Waals surface area contributed by atoms with Crippen LogP contribution < -0.4 is 4.90 Å². The number of fused-ring (bicyclic) bond motifs is 6. The van der Waals surface area contributed by atoms with Gasteiger partial charge in [0.25, 0.3) is 0 Å². The Morgan fingerprint density at radius 1 is 0.632 bits per heavy atom. The molecule has 2 aliphatic heterocycles. The molecule has 1 atom stereocenters. The number of rotatable bonds is 2. The van der Waals surface area contributed by atoms with Gasteiger partial charge in [-0.25, -0.2) is 0 Å². The fraction of sp³-hybridized carbons (Fsp3) is 0.135. The molecular formula is C37H29N. The van der Waals surface area contributed by atoms with Crippen LogP contribution in [0.4, 0.5) is 11.4 Å². The minimum Gasteiger partial charge on any atom is -0.313 e. The van der Waals surface area contributed by atoms with E-state index in [4.69, 9.17) is 0 Å². The predicted molar refractivity (Wildman–Crippen MR) is 160 cm³/mol. The van der Waals surface area contributed by atoms with E-state index in [9.17, 15) is 0 Å². The summed E-state index contributed by atoms with van der Waals surface area (Å²) in [5.74, 6) is 0.409. The van der Waals surface area contributed by atoms with Gasteiger partial charge >= 0.3 is 0 Å². The first-order valence-corrected chi connectivity index (χ1v) is 13.6. The summed E-state index contributed by atoms with van der Waals surface area (Å²) in [5.41, 5.74) is 13.6. The van der Waals surface area contributed by atoms with Gasteiger partial charge in [-0.1, -0.05) is 105 Å². The van der Waals surface area contributed by atoms with Crippen molar-refractivity contribution in [1.29, 1.82) is 0 Å². The van der Waals surface area contributed by atoms with E-state index in [0.29, 0.717) is 5.92 Å². The van der Waals surface area contributed by atoms with E-state index >= 15 is 0 Å². The third kappa shape index (κ3) is 2.99. The molecule has 2 heterocycles. The molecule has 0 saturated carbocycles. The van der Waals surface area contributed by atoms with Crippen LogP contribution in [0.1, 0.15) is 37.3 Å². The second kappa shape index (κ2) is 7.82. The van der Waals surface area contributed by atoms with Crippen LogP contribution in [0.2, 0.25) is 0 Å². The molecule has 38 heavy (non-hydrogen) atoms. The Morgan fingerprint density at radius 3 is 2.08 bits per heavy atom. The monoisotopic (exact) mass is 487 g/mol. The Labute approximate surface area is 224 Å². The van der Waals surface area contributed by atoms with Gasteiger partial charge in [0, 0.05) is 28.4 Å². The summed E-state index contributed by atoms with van der Waals surface area (Å²) in [6.07, 6.45) is 5.83. The average molecular weight is 488 g/mol. The average Bonchev–Trinajstić information content (AvgIpc) is 3.30. The number of allylic oxidation sites excluding steroid dienone is 4. The maximum Gasteiger partial charge on any atom is 0.0499 e. The van der Waals surface area contributed by atoms with Crippen molar-refractivity contribution in [2.45, 2.75) is 31.6 Å². The van der Waals surface area contributed by atoms with Crippen molar-refractivity contribution in [2.75, 3.05) is 4.90 Å². The summed E-state index contributed by atoms with van der Waals surface area (Å²) in [7, 11) is 0. The zero-order valence-electron chi connectivity index (χ0n) is 21.8. The summed E-state index contributed by atoms with van der Waals surface area (Å²) in [5, 5.41) is 2.56. The van der Waals surface area contributed by atoms with E-state index in [1.807, 2.05) is 0 Å². The molecule has 1 nitrogen and oxygen atoms in total. The van der Waals surface area contributed by atoms with Crippen molar-refractivity contribution in [1.82, 2.24) is 0 Å². The molecule has 1 unspecified atom stereocenters.